The molecular weight excluding hydrogens is 410 g/mol. The fraction of sp³-hybridized carbons (Fsp3) is 0.724. The predicted octanol–water partition coefficient (Wildman–Crippen LogP) is 5.83. The molecule has 4 aliphatic rings. The predicted molar refractivity (Wildman–Crippen MR) is 130 cm³/mol. The quantitative estimate of drug-likeness (QED) is 0.595. The Labute approximate surface area is 198 Å². The normalized spacial score (nSPS) is 42.6. The Bertz CT molecular complexity index is 979. The van der Waals surface area contributed by atoms with E-state index in [4.69, 9.17) is 0 Å². The minimum Gasteiger partial charge on any atom is -0.481 e. The Hall–Kier alpha value is -1.84. The van der Waals surface area contributed by atoms with E-state index in [0.717, 1.165) is 50.5 Å². The van der Waals surface area contributed by atoms with Gasteiger partial charge in [-0.1, -0.05) is 58.9 Å². The standard InChI is InChI=1S/C29H41NO3/c1-26(2,3)18-7-6-8-19(17-18)29(25(32)33)16-12-22-20-9-10-23-27(4,14-13-24(31)30-23)21(20)11-15-28(22,29)5/h6-8,17,20-23H,9-16H2,1-5H3,(H,30,31)(H,32,33)/t20-,21-,22+,23?,27-,28+,29?/m1/s1. The average Bonchev–Trinajstić information content (AvgIpc) is 3.08. The van der Waals surface area contributed by atoms with Crippen molar-refractivity contribution in [2.75, 3.05) is 0 Å². The summed E-state index contributed by atoms with van der Waals surface area (Å²) < 4.78 is 0. The maximum atomic E-state index is 13.2. The van der Waals surface area contributed by atoms with Crippen LogP contribution in [0.4, 0.5) is 0 Å². The highest BCUT2D eigenvalue weighted by atomic mass is 16.4. The first kappa shape index (κ1) is 22.9. The van der Waals surface area contributed by atoms with Gasteiger partial charge in [0.15, 0.2) is 0 Å². The molecule has 0 aromatic heterocycles. The van der Waals surface area contributed by atoms with Gasteiger partial charge in [-0.3, -0.25) is 9.59 Å². The van der Waals surface area contributed by atoms with Gasteiger partial charge in [0, 0.05) is 12.5 Å². The molecule has 3 saturated carbocycles. The molecule has 4 heteroatoms. The first-order valence-corrected chi connectivity index (χ1v) is 13.1. The molecule has 1 heterocycles. The van der Waals surface area contributed by atoms with Gasteiger partial charge in [-0.15, -0.1) is 0 Å². The third-order valence-electron chi connectivity index (χ3n) is 10.9. The number of benzene rings is 1. The molecule has 0 spiro atoms. The Balaban J connectivity index is 1.54. The molecule has 2 unspecified atom stereocenters. The number of rotatable bonds is 2. The van der Waals surface area contributed by atoms with E-state index in [0.29, 0.717) is 30.2 Å². The van der Waals surface area contributed by atoms with Crippen molar-refractivity contribution in [3.8, 4) is 0 Å². The van der Waals surface area contributed by atoms with Crippen LogP contribution in [0.5, 0.6) is 0 Å². The summed E-state index contributed by atoms with van der Waals surface area (Å²) >= 11 is 0. The van der Waals surface area contributed by atoms with E-state index in [9.17, 15) is 14.7 Å². The summed E-state index contributed by atoms with van der Waals surface area (Å²) in [6.45, 7) is 11.3. The molecule has 2 N–H and O–H groups in total. The molecule has 3 aliphatic carbocycles. The minimum atomic E-state index is -0.817. The van der Waals surface area contributed by atoms with E-state index in [-0.39, 0.29) is 22.2 Å². The Morgan fingerprint density at radius 2 is 1.76 bits per heavy atom. The van der Waals surface area contributed by atoms with E-state index in [2.05, 4.69) is 64.2 Å². The molecule has 4 nitrogen and oxygen atoms in total. The van der Waals surface area contributed by atoms with E-state index in [1.54, 1.807) is 0 Å². The van der Waals surface area contributed by atoms with Gasteiger partial charge >= 0.3 is 5.97 Å². The van der Waals surface area contributed by atoms with Crippen LogP contribution in [0.1, 0.15) is 97.1 Å². The second kappa shape index (κ2) is 7.33. The summed E-state index contributed by atoms with van der Waals surface area (Å²) in [4.78, 5) is 25.3. The molecule has 4 fully saturated rings. The van der Waals surface area contributed by atoms with Crippen molar-refractivity contribution in [2.24, 2.45) is 28.6 Å². The molecule has 5 rings (SSSR count). The Kier molecular flexibility index (Phi) is 5.09. The molecule has 0 bridgehead atoms. The smallest absolute Gasteiger partial charge is 0.314 e. The zero-order chi connectivity index (χ0) is 23.8. The number of carbonyl (C=O) groups is 2. The van der Waals surface area contributed by atoms with Gasteiger partial charge in [0.05, 0.1) is 5.41 Å². The topological polar surface area (TPSA) is 66.4 Å². The largest absolute Gasteiger partial charge is 0.481 e. The second-order valence-electron chi connectivity index (χ2n) is 13.1. The Morgan fingerprint density at radius 3 is 2.45 bits per heavy atom. The molecule has 1 saturated heterocycles. The van der Waals surface area contributed by atoms with E-state index in [1.807, 2.05) is 0 Å². The van der Waals surface area contributed by atoms with Crippen molar-refractivity contribution < 1.29 is 14.7 Å². The molecule has 1 aliphatic heterocycles. The minimum absolute atomic E-state index is 0.00926. The molecule has 180 valence electrons. The molecule has 1 aromatic carbocycles. The summed E-state index contributed by atoms with van der Waals surface area (Å²) in [7, 11) is 0. The number of carbonyl (C=O) groups excluding carboxylic acids is 1. The van der Waals surface area contributed by atoms with Crippen LogP contribution in [0, 0.1) is 28.6 Å². The summed E-state index contributed by atoms with van der Waals surface area (Å²) in [5.74, 6) is 1.15. The van der Waals surface area contributed by atoms with Crippen LogP contribution in [0.15, 0.2) is 24.3 Å². The molecular formula is C29H41NO3. The fourth-order valence-corrected chi connectivity index (χ4v) is 8.94. The molecule has 0 radical (unpaired) electrons. The second-order valence-corrected chi connectivity index (χ2v) is 13.1. The van der Waals surface area contributed by atoms with Crippen LogP contribution < -0.4 is 5.32 Å². The van der Waals surface area contributed by atoms with Gasteiger partial charge < -0.3 is 10.4 Å². The summed E-state index contributed by atoms with van der Waals surface area (Å²) in [6.07, 6.45) is 7.53. The van der Waals surface area contributed by atoms with E-state index >= 15 is 0 Å². The highest BCUT2D eigenvalue weighted by Crippen LogP contribution is 2.69. The Morgan fingerprint density at radius 1 is 1.03 bits per heavy atom. The number of amides is 1. The van der Waals surface area contributed by atoms with E-state index in [1.165, 1.54) is 5.56 Å². The van der Waals surface area contributed by atoms with Crippen LogP contribution in [-0.4, -0.2) is 23.0 Å². The van der Waals surface area contributed by atoms with Crippen molar-refractivity contribution in [3.63, 3.8) is 0 Å². The van der Waals surface area contributed by atoms with Crippen LogP contribution in [0.25, 0.3) is 0 Å². The van der Waals surface area contributed by atoms with Gasteiger partial charge in [-0.25, -0.2) is 0 Å². The van der Waals surface area contributed by atoms with E-state index < -0.39 is 11.4 Å². The number of carboxylic acids is 1. The molecule has 1 amide bonds. The fourth-order valence-electron chi connectivity index (χ4n) is 8.94. The third-order valence-corrected chi connectivity index (χ3v) is 10.9. The maximum absolute atomic E-state index is 13.2. The van der Waals surface area contributed by atoms with Gasteiger partial charge in [0.2, 0.25) is 5.91 Å². The lowest BCUT2D eigenvalue weighted by Crippen LogP contribution is -2.62. The van der Waals surface area contributed by atoms with Gasteiger partial charge in [-0.05, 0) is 90.1 Å². The van der Waals surface area contributed by atoms with Gasteiger partial charge in [-0.2, -0.15) is 0 Å². The zero-order valence-electron chi connectivity index (χ0n) is 21.0. The number of hydrogen-bond acceptors (Lipinski definition) is 2. The highest BCUT2D eigenvalue weighted by molar-refractivity contribution is 5.83. The van der Waals surface area contributed by atoms with Crippen molar-refractivity contribution in [2.45, 2.75) is 103 Å². The van der Waals surface area contributed by atoms with Crippen LogP contribution in [-0.2, 0) is 20.4 Å². The van der Waals surface area contributed by atoms with Crippen LogP contribution >= 0.6 is 0 Å². The van der Waals surface area contributed by atoms with Crippen molar-refractivity contribution >= 4 is 11.9 Å². The van der Waals surface area contributed by atoms with Crippen LogP contribution in [0.2, 0.25) is 0 Å². The average molecular weight is 452 g/mol. The number of fused-ring (bicyclic) bond motifs is 5. The number of carboxylic acid groups (broad SMARTS) is 1. The number of nitrogens with one attached hydrogen (secondary N) is 1. The lowest BCUT2D eigenvalue weighted by Gasteiger charge is -2.61. The van der Waals surface area contributed by atoms with Crippen molar-refractivity contribution in [1.29, 1.82) is 0 Å². The first-order valence-electron chi connectivity index (χ1n) is 13.1. The molecule has 1 aromatic rings. The first-order chi connectivity index (χ1) is 15.4. The number of hydrogen-bond donors (Lipinski definition) is 2. The summed E-state index contributed by atoms with van der Waals surface area (Å²) in [5.41, 5.74) is 1.31. The van der Waals surface area contributed by atoms with Crippen molar-refractivity contribution in [1.82, 2.24) is 5.32 Å². The number of aliphatic carboxylic acids is 1. The summed E-state index contributed by atoms with van der Waals surface area (Å²) in [5, 5.41) is 14.1. The van der Waals surface area contributed by atoms with Crippen LogP contribution in [0.3, 0.4) is 0 Å². The van der Waals surface area contributed by atoms with Gasteiger partial charge in [0.25, 0.3) is 0 Å². The monoisotopic (exact) mass is 451 g/mol. The highest BCUT2D eigenvalue weighted by Gasteiger charge is 2.68. The molecule has 33 heavy (non-hydrogen) atoms. The lowest BCUT2D eigenvalue weighted by molar-refractivity contribution is -0.157. The lowest BCUT2D eigenvalue weighted by atomic mass is 9.44. The van der Waals surface area contributed by atoms with Crippen molar-refractivity contribution in [3.05, 3.63) is 35.4 Å². The third kappa shape index (κ3) is 3.08. The summed E-state index contributed by atoms with van der Waals surface area (Å²) in [6, 6.07) is 8.78. The zero-order valence-corrected chi connectivity index (χ0v) is 21.0. The molecule has 7 atom stereocenters. The maximum Gasteiger partial charge on any atom is 0.314 e. The van der Waals surface area contributed by atoms with Gasteiger partial charge in [0.1, 0.15) is 0 Å². The number of piperidine rings is 1. The SMILES string of the molecule is CC(C)(C)c1cccc(C2(C(=O)O)CC[C@H]3[C@@H]4CCC5NC(=O)CC[C@]5(C)[C@@H]4CC[C@@]32C)c1.